The summed E-state index contributed by atoms with van der Waals surface area (Å²) in [6.07, 6.45) is 4.42. The molecule has 3 saturated heterocycles. The van der Waals surface area contributed by atoms with Crippen LogP contribution in [0.2, 0.25) is 0 Å². The Balaban J connectivity index is 1.57. The summed E-state index contributed by atoms with van der Waals surface area (Å²) < 4.78 is 6.51. The molecule has 2 N–H and O–H groups in total. The number of benzene rings is 1. The first-order chi connectivity index (χ1) is 14.5. The van der Waals surface area contributed by atoms with Gasteiger partial charge in [-0.3, -0.25) is 24.6 Å². The minimum atomic E-state index is -1.22. The highest BCUT2D eigenvalue weighted by molar-refractivity contribution is 9.10. The zero-order valence-electron chi connectivity index (χ0n) is 16.7. The molecule has 0 aliphatic carbocycles. The fraction of sp³-hybridized carbons (Fsp3) is 0.571. The van der Waals surface area contributed by atoms with Crippen molar-refractivity contribution in [3.63, 3.8) is 0 Å². The second-order valence-electron chi connectivity index (χ2n) is 8.41. The van der Waals surface area contributed by atoms with Gasteiger partial charge in [-0.25, -0.2) is 0 Å². The van der Waals surface area contributed by atoms with E-state index < -0.39 is 17.4 Å². The molecule has 30 heavy (non-hydrogen) atoms. The number of hydrogen-bond donors (Lipinski definition) is 2. The molecular weight excluding hydrogens is 470 g/mol. The van der Waals surface area contributed by atoms with E-state index in [9.17, 15) is 14.4 Å². The van der Waals surface area contributed by atoms with E-state index in [0.29, 0.717) is 18.7 Å². The van der Waals surface area contributed by atoms with Crippen molar-refractivity contribution >= 4 is 51.1 Å². The Bertz CT molecular complexity index is 922. The van der Waals surface area contributed by atoms with Crippen molar-refractivity contribution in [1.82, 2.24) is 10.2 Å². The van der Waals surface area contributed by atoms with Gasteiger partial charge in [-0.05, 0) is 49.5 Å². The number of carbonyl (C=O) groups excluding carboxylic acids is 3. The molecule has 0 aromatic heterocycles. The first-order valence-corrected chi connectivity index (χ1v) is 12.5. The zero-order valence-corrected chi connectivity index (χ0v) is 19.1. The Morgan fingerprint density at radius 1 is 1.30 bits per heavy atom. The summed E-state index contributed by atoms with van der Waals surface area (Å²) in [5.74, 6) is -1.13. The van der Waals surface area contributed by atoms with Crippen LogP contribution in [0, 0.1) is 11.8 Å². The minimum Gasteiger partial charge on any atom is -0.376 e. The zero-order chi connectivity index (χ0) is 21.0. The van der Waals surface area contributed by atoms with E-state index in [4.69, 9.17) is 4.74 Å². The van der Waals surface area contributed by atoms with Gasteiger partial charge < -0.3 is 10.1 Å². The summed E-state index contributed by atoms with van der Waals surface area (Å²) in [5.41, 5.74) is 0.215. The lowest BCUT2D eigenvalue weighted by Gasteiger charge is -2.30. The standard InChI is InChI=1S/C21H24BrN3O4S/c1-30-8-6-15-16-17(19(27)25(18(16)26)10-12-3-2-7-29-12)21(24-15)13-9-11(22)4-5-14(13)23-20(21)28/h4-5,9,12,15-17,24H,2-3,6-8,10H2,1H3,(H,23,28)/t12?,15-,16-,17+,21+/m0/s1. The van der Waals surface area contributed by atoms with Crippen LogP contribution in [0.25, 0.3) is 0 Å². The van der Waals surface area contributed by atoms with Crippen LogP contribution < -0.4 is 10.6 Å². The number of nitrogens with one attached hydrogen (secondary N) is 2. The highest BCUT2D eigenvalue weighted by atomic mass is 79.9. The molecule has 1 unspecified atom stereocenters. The molecule has 1 aromatic carbocycles. The van der Waals surface area contributed by atoms with Crippen LogP contribution in [0.1, 0.15) is 24.8 Å². The maximum atomic E-state index is 13.6. The molecule has 4 heterocycles. The van der Waals surface area contributed by atoms with Crippen molar-refractivity contribution in [1.29, 1.82) is 0 Å². The lowest BCUT2D eigenvalue weighted by molar-refractivity contribution is -0.144. The van der Waals surface area contributed by atoms with E-state index in [1.807, 2.05) is 24.5 Å². The molecule has 9 heteroatoms. The van der Waals surface area contributed by atoms with Crippen LogP contribution in [0.4, 0.5) is 5.69 Å². The second-order valence-corrected chi connectivity index (χ2v) is 10.3. The Labute approximate surface area is 187 Å². The predicted octanol–water partition coefficient (Wildman–Crippen LogP) is 2.10. The molecule has 5 atom stereocenters. The smallest absolute Gasteiger partial charge is 0.250 e. The number of carbonyl (C=O) groups is 3. The SMILES string of the molecule is CSCC[C@@H]1N[C@@]2(C(=O)Nc3ccc(Br)cc32)[C@H]2C(=O)N(CC3CCCO3)C(=O)[C@@H]12. The first-order valence-electron chi connectivity index (χ1n) is 10.3. The van der Waals surface area contributed by atoms with Crippen molar-refractivity contribution in [3.8, 4) is 0 Å². The van der Waals surface area contributed by atoms with Crippen molar-refractivity contribution < 1.29 is 19.1 Å². The monoisotopic (exact) mass is 493 g/mol. The summed E-state index contributed by atoms with van der Waals surface area (Å²) >= 11 is 5.19. The highest BCUT2D eigenvalue weighted by Gasteiger charge is 2.70. The molecule has 1 aromatic rings. The van der Waals surface area contributed by atoms with Gasteiger partial charge in [0.2, 0.25) is 17.7 Å². The third-order valence-corrected chi connectivity index (χ3v) is 7.95. The molecule has 0 saturated carbocycles. The molecule has 0 radical (unpaired) electrons. The summed E-state index contributed by atoms with van der Waals surface area (Å²) in [5, 5.41) is 6.40. The van der Waals surface area contributed by atoms with Gasteiger partial charge in [0.1, 0.15) is 5.54 Å². The number of hydrogen-bond acceptors (Lipinski definition) is 6. The third kappa shape index (κ3) is 2.89. The van der Waals surface area contributed by atoms with Gasteiger partial charge in [0, 0.05) is 28.4 Å². The van der Waals surface area contributed by atoms with Gasteiger partial charge in [-0.15, -0.1) is 0 Å². The third-order valence-electron chi connectivity index (χ3n) is 6.81. The number of thioether (sulfide) groups is 1. The number of anilines is 1. The van der Waals surface area contributed by atoms with E-state index in [1.54, 1.807) is 11.8 Å². The topological polar surface area (TPSA) is 87.7 Å². The number of likely N-dealkylation sites (tertiary alicyclic amines) is 1. The number of amides is 3. The quantitative estimate of drug-likeness (QED) is 0.610. The molecule has 3 amide bonds. The Kier molecular flexibility index (Phi) is 5.20. The number of imide groups is 1. The fourth-order valence-corrected chi connectivity index (χ4v) is 6.35. The van der Waals surface area contributed by atoms with Crippen LogP contribution in [-0.2, 0) is 24.7 Å². The molecule has 0 bridgehead atoms. The summed E-state index contributed by atoms with van der Waals surface area (Å²) in [6.45, 7) is 0.947. The van der Waals surface area contributed by atoms with Crippen LogP contribution in [0.5, 0.6) is 0 Å². The predicted molar refractivity (Wildman–Crippen MR) is 117 cm³/mol. The van der Waals surface area contributed by atoms with Crippen molar-refractivity contribution in [3.05, 3.63) is 28.2 Å². The Hall–Kier alpha value is -1.42. The number of fused-ring (bicyclic) bond motifs is 4. The van der Waals surface area contributed by atoms with Crippen LogP contribution in [-0.4, -0.2) is 59.9 Å². The van der Waals surface area contributed by atoms with Crippen LogP contribution >= 0.6 is 27.7 Å². The molecule has 160 valence electrons. The maximum Gasteiger partial charge on any atom is 0.250 e. The molecular formula is C21H24BrN3O4S. The van der Waals surface area contributed by atoms with Crippen LogP contribution in [0.15, 0.2) is 22.7 Å². The summed E-state index contributed by atoms with van der Waals surface area (Å²) in [6, 6.07) is 5.35. The van der Waals surface area contributed by atoms with Gasteiger partial charge in [0.05, 0.1) is 24.5 Å². The number of nitrogens with zero attached hydrogens (tertiary/aromatic N) is 1. The van der Waals surface area contributed by atoms with Crippen molar-refractivity contribution in [2.75, 3.05) is 30.5 Å². The van der Waals surface area contributed by atoms with E-state index in [-0.39, 0.29) is 36.4 Å². The molecule has 4 aliphatic rings. The van der Waals surface area contributed by atoms with E-state index in [2.05, 4.69) is 26.6 Å². The minimum absolute atomic E-state index is 0.107. The number of halogens is 1. The molecule has 7 nitrogen and oxygen atoms in total. The van der Waals surface area contributed by atoms with Gasteiger partial charge in [-0.2, -0.15) is 11.8 Å². The van der Waals surface area contributed by atoms with Crippen molar-refractivity contribution in [2.45, 2.75) is 36.9 Å². The number of ether oxygens (including phenoxy) is 1. The number of rotatable bonds is 5. The summed E-state index contributed by atoms with van der Waals surface area (Å²) in [7, 11) is 0. The van der Waals surface area contributed by atoms with Gasteiger partial charge >= 0.3 is 0 Å². The van der Waals surface area contributed by atoms with Crippen LogP contribution in [0.3, 0.4) is 0 Å². The van der Waals surface area contributed by atoms with Gasteiger partial charge in [0.25, 0.3) is 0 Å². The normalized spacial score (nSPS) is 34.7. The molecule has 4 aliphatic heterocycles. The molecule has 1 spiro atoms. The largest absolute Gasteiger partial charge is 0.376 e. The van der Waals surface area contributed by atoms with Gasteiger partial charge in [-0.1, -0.05) is 15.9 Å². The van der Waals surface area contributed by atoms with E-state index in [0.717, 1.165) is 28.6 Å². The molecule has 5 rings (SSSR count). The van der Waals surface area contributed by atoms with E-state index >= 15 is 0 Å². The average Bonchev–Trinajstić information content (AvgIpc) is 3.46. The Morgan fingerprint density at radius 3 is 2.87 bits per heavy atom. The van der Waals surface area contributed by atoms with Gasteiger partial charge in [0.15, 0.2) is 0 Å². The Morgan fingerprint density at radius 2 is 2.13 bits per heavy atom. The average molecular weight is 494 g/mol. The fourth-order valence-electron chi connectivity index (χ4n) is 5.50. The highest BCUT2D eigenvalue weighted by Crippen LogP contribution is 2.53. The maximum absolute atomic E-state index is 13.6. The second kappa shape index (κ2) is 7.62. The van der Waals surface area contributed by atoms with Crippen molar-refractivity contribution in [2.24, 2.45) is 11.8 Å². The summed E-state index contributed by atoms with van der Waals surface area (Å²) in [4.78, 5) is 41.8. The first kappa shape index (κ1) is 20.5. The van der Waals surface area contributed by atoms with E-state index in [1.165, 1.54) is 4.90 Å². The lowest BCUT2D eigenvalue weighted by atomic mass is 9.76. The molecule has 3 fully saturated rings. The lowest BCUT2D eigenvalue weighted by Crippen LogP contribution is -2.53.